The zero-order chi connectivity index (χ0) is 12.6. The normalized spacial score (nSPS) is 21.1. The summed E-state index contributed by atoms with van der Waals surface area (Å²) in [6.45, 7) is 2.42. The molecule has 3 nitrogen and oxygen atoms in total. The Labute approximate surface area is 123 Å². The molecular formula is C15H29ClN2O. The predicted molar refractivity (Wildman–Crippen MR) is 81.7 cm³/mol. The molecule has 0 radical (unpaired) electrons. The predicted octanol–water partition coefficient (Wildman–Crippen LogP) is 2.88. The third kappa shape index (κ3) is 7.78. The van der Waals surface area contributed by atoms with Crippen LogP contribution in [0.2, 0.25) is 0 Å². The molecule has 0 aromatic carbocycles. The molecule has 2 aliphatic rings. The minimum atomic E-state index is 0. The van der Waals surface area contributed by atoms with Gasteiger partial charge >= 0.3 is 0 Å². The van der Waals surface area contributed by atoms with Gasteiger partial charge in [0.2, 0.25) is 5.91 Å². The smallest absolute Gasteiger partial charge is 0.233 e. The fraction of sp³-hybridized carbons (Fsp3) is 0.933. The van der Waals surface area contributed by atoms with Gasteiger partial charge in [-0.15, -0.1) is 12.4 Å². The fourth-order valence-electron chi connectivity index (χ4n) is 2.78. The molecule has 0 atom stereocenters. The van der Waals surface area contributed by atoms with E-state index in [1.54, 1.807) is 0 Å². The highest BCUT2D eigenvalue weighted by molar-refractivity contribution is 5.85. The first kappa shape index (κ1) is 16.8. The SMILES string of the molecule is Cl.O=C(CNCC1CC1)NCC1CCCCCCC1. The van der Waals surface area contributed by atoms with E-state index >= 15 is 0 Å². The van der Waals surface area contributed by atoms with Gasteiger partial charge in [-0.1, -0.05) is 32.1 Å². The van der Waals surface area contributed by atoms with Crippen LogP contribution in [-0.4, -0.2) is 25.5 Å². The first-order chi connectivity index (χ1) is 8.84. The van der Waals surface area contributed by atoms with Crippen molar-refractivity contribution < 1.29 is 4.79 Å². The standard InChI is InChI=1S/C15H28N2O.ClH/c18-15(12-16-10-14-8-9-14)17-11-13-6-4-2-1-3-5-7-13;/h13-14,16H,1-12H2,(H,17,18);1H. The van der Waals surface area contributed by atoms with Crippen molar-refractivity contribution in [3.05, 3.63) is 0 Å². The Kier molecular flexibility index (Phi) is 8.47. The first-order valence-electron chi connectivity index (χ1n) is 7.82. The van der Waals surface area contributed by atoms with E-state index in [1.807, 2.05) is 0 Å². The molecule has 1 amide bonds. The average molecular weight is 289 g/mol. The van der Waals surface area contributed by atoms with Gasteiger partial charge in [-0.05, 0) is 44.1 Å². The maximum Gasteiger partial charge on any atom is 0.233 e. The van der Waals surface area contributed by atoms with Crippen molar-refractivity contribution in [3.63, 3.8) is 0 Å². The second kappa shape index (κ2) is 9.60. The van der Waals surface area contributed by atoms with Crippen LogP contribution in [0.5, 0.6) is 0 Å². The maximum absolute atomic E-state index is 11.7. The summed E-state index contributed by atoms with van der Waals surface area (Å²) in [5.41, 5.74) is 0. The Morgan fingerprint density at radius 1 is 0.842 bits per heavy atom. The Balaban J connectivity index is 0.00000180. The van der Waals surface area contributed by atoms with Crippen LogP contribution in [-0.2, 0) is 4.79 Å². The number of carbonyl (C=O) groups is 1. The lowest BCUT2D eigenvalue weighted by molar-refractivity contribution is -0.120. The Morgan fingerprint density at radius 2 is 1.42 bits per heavy atom. The van der Waals surface area contributed by atoms with Crippen molar-refractivity contribution in [1.29, 1.82) is 0 Å². The third-order valence-electron chi connectivity index (χ3n) is 4.23. The van der Waals surface area contributed by atoms with E-state index in [1.165, 1.54) is 57.8 Å². The van der Waals surface area contributed by atoms with E-state index in [4.69, 9.17) is 0 Å². The van der Waals surface area contributed by atoms with Crippen LogP contribution in [0.4, 0.5) is 0 Å². The van der Waals surface area contributed by atoms with Crippen LogP contribution >= 0.6 is 12.4 Å². The largest absolute Gasteiger partial charge is 0.355 e. The fourth-order valence-corrected chi connectivity index (χ4v) is 2.78. The summed E-state index contributed by atoms with van der Waals surface area (Å²) in [7, 11) is 0. The molecule has 0 bridgehead atoms. The summed E-state index contributed by atoms with van der Waals surface area (Å²) in [6.07, 6.45) is 12.2. The molecule has 2 aliphatic carbocycles. The Hall–Kier alpha value is -0.280. The lowest BCUT2D eigenvalue weighted by Gasteiger charge is -2.20. The van der Waals surface area contributed by atoms with Crippen molar-refractivity contribution in [2.45, 2.75) is 57.8 Å². The summed E-state index contributed by atoms with van der Waals surface area (Å²) < 4.78 is 0. The van der Waals surface area contributed by atoms with Crippen molar-refractivity contribution in [2.24, 2.45) is 11.8 Å². The first-order valence-corrected chi connectivity index (χ1v) is 7.82. The van der Waals surface area contributed by atoms with Crippen molar-refractivity contribution in [2.75, 3.05) is 19.6 Å². The molecule has 4 heteroatoms. The number of carbonyl (C=O) groups excluding carboxylic acids is 1. The zero-order valence-corrected chi connectivity index (χ0v) is 12.8. The molecule has 2 N–H and O–H groups in total. The minimum absolute atomic E-state index is 0. The van der Waals surface area contributed by atoms with Crippen molar-refractivity contribution in [1.82, 2.24) is 10.6 Å². The highest BCUT2D eigenvalue weighted by atomic mass is 35.5. The lowest BCUT2D eigenvalue weighted by atomic mass is 9.91. The molecule has 0 aromatic rings. The molecule has 2 fully saturated rings. The van der Waals surface area contributed by atoms with Crippen LogP contribution < -0.4 is 10.6 Å². The molecule has 19 heavy (non-hydrogen) atoms. The van der Waals surface area contributed by atoms with Crippen LogP contribution in [0.25, 0.3) is 0 Å². The second-order valence-corrected chi connectivity index (χ2v) is 6.09. The summed E-state index contributed by atoms with van der Waals surface area (Å²) >= 11 is 0. The Bertz CT molecular complexity index is 249. The summed E-state index contributed by atoms with van der Waals surface area (Å²) in [5, 5.41) is 6.34. The second-order valence-electron chi connectivity index (χ2n) is 6.09. The van der Waals surface area contributed by atoms with Gasteiger partial charge in [0.15, 0.2) is 0 Å². The van der Waals surface area contributed by atoms with Gasteiger partial charge in [0.1, 0.15) is 0 Å². The summed E-state index contributed by atoms with van der Waals surface area (Å²) in [4.78, 5) is 11.7. The summed E-state index contributed by atoms with van der Waals surface area (Å²) in [6, 6.07) is 0. The van der Waals surface area contributed by atoms with Crippen molar-refractivity contribution >= 4 is 18.3 Å². The lowest BCUT2D eigenvalue weighted by Crippen LogP contribution is -2.37. The number of halogens is 1. The topological polar surface area (TPSA) is 41.1 Å². The number of rotatable bonds is 6. The monoisotopic (exact) mass is 288 g/mol. The average Bonchev–Trinajstić information content (AvgIpc) is 3.11. The van der Waals surface area contributed by atoms with Gasteiger partial charge in [-0.2, -0.15) is 0 Å². The number of amides is 1. The van der Waals surface area contributed by atoms with Crippen LogP contribution in [0.3, 0.4) is 0 Å². The third-order valence-corrected chi connectivity index (χ3v) is 4.23. The highest BCUT2D eigenvalue weighted by Crippen LogP contribution is 2.27. The quantitative estimate of drug-likeness (QED) is 0.789. The van der Waals surface area contributed by atoms with Gasteiger partial charge < -0.3 is 10.6 Å². The van der Waals surface area contributed by atoms with Gasteiger partial charge in [0.05, 0.1) is 6.54 Å². The van der Waals surface area contributed by atoms with Gasteiger partial charge in [-0.3, -0.25) is 4.79 Å². The van der Waals surface area contributed by atoms with Gasteiger partial charge in [0.25, 0.3) is 0 Å². The summed E-state index contributed by atoms with van der Waals surface area (Å²) in [5.74, 6) is 1.75. The van der Waals surface area contributed by atoms with Crippen LogP contribution in [0.1, 0.15) is 57.8 Å². The van der Waals surface area contributed by atoms with Crippen LogP contribution in [0, 0.1) is 11.8 Å². The molecule has 0 saturated heterocycles. The number of hydrogen-bond acceptors (Lipinski definition) is 2. The molecule has 2 rings (SSSR count). The van der Waals surface area contributed by atoms with E-state index in [9.17, 15) is 4.79 Å². The molecule has 0 unspecified atom stereocenters. The van der Waals surface area contributed by atoms with E-state index in [2.05, 4.69) is 10.6 Å². The minimum Gasteiger partial charge on any atom is -0.355 e. The molecular weight excluding hydrogens is 260 g/mol. The van der Waals surface area contributed by atoms with E-state index in [-0.39, 0.29) is 18.3 Å². The maximum atomic E-state index is 11.7. The molecule has 112 valence electrons. The number of nitrogens with one attached hydrogen (secondary N) is 2. The zero-order valence-electron chi connectivity index (χ0n) is 12.0. The van der Waals surface area contributed by atoms with E-state index in [0.717, 1.165) is 24.9 Å². The van der Waals surface area contributed by atoms with E-state index in [0.29, 0.717) is 6.54 Å². The van der Waals surface area contributed by atoms with Gasteiger partial charge in [-0.25, -0.2) is 0 Å². The molecule has 0 aliphatic heterocycles. The van der Waals surface area contributed by atoms with E-state index < -0.39 is 0 Å². The highest BCUT2D eigenvalue weighted by Gasteiger charge is 2.20. The molecule has 0 spiro atoms. The molecule has 2 saturated carbocycles. The van der Waals surface area contributed by atoms with Crippen LogP contribution in [0.15, 0.2) is 0 Å². The molecule has 0 aromatic heterocycles. The Morgan fingerprint density at radius 3 is 2.05 bits per heavy atom. The van der Waals surface area contributed by atoms with Gasteiger partial charge in [0, 0.05) is 6.54 Å². The van der Waals surface area contributed by atoms with Crippen molar-refractivity contribution in [3.8, 4) is 0 Å². The number of hydrogen-bond donors (Lipinski definition) is 2. The molecule has 0 heterocycles.